The number of carbonyl (C=O) groups excluding carboxylic acids is 2. The summed E-state index contributed by atoms with van der Waals surface area (Å²) in [6, 6.07) is 9.23. The van der Waals surface area contributed by atoms with Crippen molar-refractivity contribution in [1.82, 2.24) is 10.2 Å². The molecular formula is C17H20N2O2S. The molecule has 0 unspecified atom stereocenters. The van der Waals surface area contributed by atoms with Gasteiger partial charge < -0.3 is 10.2 Å². The second-order valence-corrected chi connectivity index (χ2v) is 6.72. The summed E-state index contributed by atoms with van der Waals surface area (Å²) in [5, 5.41) is 2.59. The molecule has 0 saturated heterocycles. The summed E-state index contributed by atoms with van der Waals surface area (Å²) < 4.78 is 0. The number of carbonyl (C=O) groups is 2. The van der Waals surface area contributed by atoms with E-state index in [1.807, 2.05) is 32.0 Å². The average molecular weight is 316 g/mol. The molecule has 0 atom stereocenters. The van der Waals surface area contributed by atoms with E-state index in [9.17, 15) is 9.59 Å². The van der Waals surface area contributed by atoms with Crippen LogP contribution in [0.5, 0.6) is 0 Å². The molecule has 0 bridgehead atoms. The van der Waals surface area contributed by atoms with Gasteiger partial charge in [-0.25, -0.2) is 0 Å². The Bertz CT molecular complexity index is 689. The Labute approximate surface area is 134 Å². The van der Waals surface area contributed by atoms with Gasteiger partial charge in [0.25, 0.3) is 11.8 Å². The van der Waals surface area contributed by atoms with Crippen LogP contribution in [0.1, 0.15) is 36.0 Å². The van der Waals surface area contributed by atoms with Crippen LogP contribution in [0.4, 0.5) is 0 Å². The third-order valence-corrected chi connectivity index (χ3v) is 4.45. The zero-order valence-electron chi connectivity index (χ0n) is 13.3. The second kappa shape index (κ2) is 6.75. The summed E-state index contributed by atoms with van der Waals surface area (Å²) in [4.78, 5) is 27.9. The molecule has 0 radical (unpaired) electrons. The topological polar surface area (TPSA) is 49.4 Å². The van der Waals surface area contributed by atoms with Crippen molar-refractivity contribution in [3.8, 4) is 0 Å². The molecular weight excluding hydrogens is 296 g/mol. The van der Waals surface area contributed by atoms with Crippen LogP contribution < -0.4 is 5.32 Å². The Hall–Kier alpha value is -2.14. The van der Waals surface area contributed by atoms with Gasteiger partial charge in [-0.1, -0.05) is 12.1 Å². The van der Waals surface area contributed by atoms with Gasteiger partial charge in [-0.2, -0.15) is 0 Å². The molecule has 116 valence electrons. The number of benzene rings is 1. The Morgan fingerprint density at radius 1 is 1.18 bits per heavy atom. The van der Waals surface area contributed by atoms with Gasteiger partial charge in [0.05, 0.1) is 5.56 Å². The first-order valence-electron chi connectivity index (χ1n) is 7.06. The van der Waals surface area contributed by atoms with Gasteiger partial charge in [0, 0.05) is 36.0 Å². The lowest BCUT2D eigenvalue weighted by Gasteiger charge is -2.17. The average Bonchev–Trinajstić information content (AvgIpc) is 2.85. The number of nitrogens with one attached hydrogen (secondary N) is 1. The molecule has 0 fully saturated rings. The second-order valence-electron chi connectivity index (χ2n) is 5.26. The van der Waals surface area contributed by atoms with Crippen LogP contribution in [-0.2, 0) is 6.54 Å². The number of hydrogen-bond donors (Lipinski definition) is 1. The van der Waals surface area contributed by atoms with Crippen molar-refractivity contribution in [2.45, 2.75) is 20.4 Å². The fourth-order valence-electron chi connectivity index (χ4n) is 2.30. The lowest BCUT2D eigenvalue weighted by atomic mass is 10.1. The van der Waals surface area contributed by atoms with Gasteiger partial charge in [-0.15, -0.1) is 11.3 Å². The van der Waals surface area contributed by atoms with Crippen LogP contribution >= 0.6 is 11.3 Å². The van der Waals surface area contributed by atoms with Gasteiger partial charge in [-0.3, -0.25) is 9.59 Å². The molecule has 0 saturated carbocycles. The lowest BCUT2D eigenvalue weighted by Crippen LogP contribution is -2.26. The Kier molecular flexibility index (Phi) is 4.98. The van der Waals surface area contributed by atoms with Crippen molar-refractivity contribution in [3.63, 3.8) is 0 Å². The number of nitrogens with zero attached hydrogens (tertiary/aromatic N) is 1. The molecule has 1 aromatic heterocycles. The minimum absolute atomic E-state index is 0.0252. The molecule has 1 heterocycles. The molecule has 5 heteroatoms. The first kappa shape index (κ1) is 16.2. The predicted octanol–water partition coefficient (Wildman–Crippen LogP) is 3.00. The van der Waals surface area contributed by atoms with Gasteiger partial charge in [0.15, 0.2) is 0 Å². The fraction of sp³-hybridized carbons (Fsp3) is 0.294. The van der Waals surface area contributed by atoms with E-state index >= 15 is 0 Å². The molecule has 22 heavy (non-hydrogen) atoms. The van der Waals surface area contributed by atoms with Crippen LogP contribution in [0.15, 0.2) is 30.3 Å². The third kappa shape index (κ3) is 3.54. The molecule has 0 aliphatic rings. The molecule has 4 nitrogen and oxygen atoms in total. The van der Waals surface area contributed by atoms with E-state index in [1.54, 1.807) is 42.5 Å². The Morgan fingerprint density at radius 2 is 1.82 bits per heavy atom. The van der Waals surface area contributed by atoms with Crippen molar-refractivity contribution >= 4 is 23.2 Å². The van der Waals surface area contributed by atoms with Crippen molar-refractivity contribution in [2.75, 3.05) is 14.1 Å². The summed E-state index contributed by atoms with van der Waals surface area (Å²) in [6.45, 7) is 4.49. The number of thiophene rings is 1. The van der Waals surface area contributed by atoms with Crippen LogP contribution in [-0.4, -0.2) is 30.8 Å². The molecule has 0 spiro atoms. The molecule has 2 rings (SSSR count). The monoisotopic (exact) mass is 316 g/mol. The number of amides is 2. The highest BCUT2D eigenvalue weighted by atomic mass is 32.1. The van der Waals surface area contributed by atoms with Crippen molar-refractivity contribution < 1.29 is 9.59 Å². The summed E-state index contributed by atoms with van der Waals surface area (Å²) in [5.41, 5.74) is 2.38. The van der Waals surface area contributed by atoms with E-state index in [2.05, 4.69) is 5.32 Å². The molecule has 0 aliphatic carbocycles. The molecule has 2 amide bonds. The van der Waals surface area contributed by atoms with E-state index in [0.29, 0.717) is 12.1 Å². The number of hydrogen-bond acceptors (Lipinski definition) is 3. The maximum atomic E-state index is 12.5. The normalized spacial score (nSPS) is 10.4. The summed E-state index contributed by atoms with van der Waals surface area (Å²) >= 11 is 1.64. The summed E-state index contributed by atoms with van der Waals surface area (Å²) in [5.74, 6) is -0.0856. The van der Waals surface area contributed by atoms with Crippen molar-refractivity contribution in [1.29, 1.82) is 0 Å². The molecule has 2 aromatic rings. The highest BCUT2D eigenvalue weighted by molar-refractivity contribution is 7.12. The van der Waals surface area contributed by atoms with Gasteiger partial charge >= 0.3 is 0 Å². The Morgan fingerprint density at radius 3 is 2.32 bits per heavy atom. The predicted molar refractivity (Wildman–Crippen MR) is 89.4 cm³/mol. The lowest BCUT2D eigenvalue weighted by molar-refractivity contribution is 0.0784. The standard InChI is InChI=1S/C17H20N2O2S/c1-11-9-15(12(2)22-11)17(21)19(4)10-13-5-7-14(8-6-13)16(20)18-3/h5-9H,10H2,1-4H3,(H,18,20). The van der Waals surface area contributed by atoms with Crippen LogP contribution in [0.2, 0.25) is 0 Å². The third-order valence-electron chi connectivity index (χ3n) is 3.48. The quantitative estimate of drug-likeness (QED) is 0.942. The smallest absolute Gasteiger partial charge is 0.255 e. The van der Waals surface area contributed by atoms with E-state index < -0.39 is 0 Å². The van der Waals surface area contributed by atoms with Crippen molar-refractivity contribution in [3.05, 3.63) is 56.8 Å². The maximum Gasteiger partial charge on any atom is 0.255 e. The number of rotatable bonds is 4. The van der Waals surface area contributed by atoms with Gasteiger partial charge in [-0.05, 0) is 37.6 Å². The fourth-order valence-corrected chi connectivity index (χ4v) is 3.22. The molecule has 0 aliphatic heterocycles. The minimum Gasteiger partial charge on any atom is -0.355 e. The van der Waals surface area contributed by atoms with Crippen molar-refractivity contribution in [2.24, 2.45) is 0 Å². The summed E-state index contributed by atoms with van der Waals surface area (Å²) in [7, 11) is 3.40. The Balaban J connectivity index is 2.08. The highest BCUT2D eigenvalue weighted by Gasteiger charge is 2.16. The van der Waals surface area contributed by atoms with Crippen LogP contribution in [0.25, 0.3) is 0 Å². The SMILES string of the molecule is CNC(=O)c1ccc(CN(C)C(=O)c2cc(C)sc2C)cc1. The summed E-state index contributed by atoms with van der Waals surface area (Å²) in [6.07, 6.45) is 0. The zero-order valence-corrected chi connectivity index (χ0v) is 14.1. The van der Waals surface area contributed by atoms with E-state index in [1.165, 1.54) is 0 Å². The number of aryl methyl sites for hydroxylation is 2. The first-order chi connectivity index (χ1) is 10.4. The maximum absolute atomic E-state index is 12.5. The molecule has 1 N–H and O–H groups in total. The van der Waals surface area contributed by atoms with E-state index in [-0.39, 0.29) is 11.8 Å². The largest absolute Gasteiger partial charge is 0.355 e. The van der Waals surface area contributed by atoms with Crippen LogP contribution in [0.3, 0.4) is 0 Å². The zero-order chi connectivity index (χ0) is 16.3. The first-order valence-corrected chi connectivity index (χ1v) is 7.87. The van der Waals surface area contributed by atoms with Gasteiger partial charge in [0.2, 0.25) is 0 Å². The minimum atomic E-state index is -0.111. The van der Waals surface area contributed by atoms with E-state index in [4.69, 9.17) is 0 Å². The van der Waals surface area contributed by atoms with E-state index in [0.717, 1.165) is 20.9 Å². The molecule has 1 aromatic carbocycles. The van der Waals surface area contributed by atoms with Gasteiger partial charge in [0.1, 0.15) is 0 Å². The highest BCUT2D eigenvalue weighted by Crippen LogP contribution is 2.22. The van der Waals surface area contributed by atoms with Crippen LogP contribution in [0, 0.1) is 13.8 Å².